The highest BCUT2D eigenvalue weighted by atomic mass is 19.1. The van der Waals surface area contributed by atoms with Gasteiger partial charge >= 0.3 is 6.09 Å². The molecule has 1 aromatic carbocycles. The van der Waals surface area contributed by atoms with Gasteiger partial charge in [0.25, 0.3) is 0 Å². The monoisotopic (exact) mass is 437 g/mol. The number of benzene rings is 1. The summed E-state index contributed by atoms with van der Waals surface area (Å²) in [5, 5.41) is 2.95. The molecule has 2 heterocycles. The lowest BCUT2D eigenvalue weighted by molar-refractivity contribution is 0.0365. The number of aromatic amines is 1. The molecule has 0 bridgehead atoms. The van der Waals surface area contributed by atoms with Crippen LogP contribution in [0.15, 0.2) is 37.2 Å². The molecule has 1 aliphatic rings. The lowest BCUT2D eigenvalue weighted by atomic mass is 9.76. The fraction of sp³-hybridized carbons (Fsp3) is 0.417. The predicted octanol–water partition coefficient (Wildman–Crippen LogP) is 5.18. The molecule has 0 aliphatic heterocycles. The van der Waals surface area contributed by atoms with Gasteiger partial charge in [0.2, 0.25) is 0 Å². The van der Waals surface area contributed by atoms with Crippen LogP contribution in [0.5, 0.6) is 0 Å². The smallest absolute Gasteiger partial charge is 0.408 e. The fourth-order valence-electron chi connectivity index (χ4n) is 3.81. The number of aromatic nitrogens is 4. The first-order chi connectivity index (χ1) is 15.2. The van der Waals surface area contributed by atoms with E-state index in [-0.39, 0.29) is 0 Å². The number of ether oxygens (including phenoxy) is 1. The second-order valence-electron chi connectivity index (χ2n) is 9.22. The number of carbonyl (C=O) groups excluding carboxylic acids is 1. The third-order valence-corrected chi connectivity index (χ3v) is 5.53. The van der Waals surface area contributed by atoms with Crippen LogP contribution in [-0.2, 0) is 16.7 Å². The van der Waals surface area contributed by atoms with E-state index in [9.17, 15) is 9.18 Å². The van der Waals surface area contributed by atoms with Crippen molar-refractivity contribution in [3.05, 3.63) is 54.6 Å². The zero-order valence-corrected chi connectivity index (χ0v) is 18.7. The quantitative estimate of drug-likeness (QED) is 0.518. The van der Waals surface area contributed by atoms with Gasteiger partial charge in [0.15, 0.2) is 11.6 Å². The summed E-state index contributed by atoms with van der Waals surface area (Å²) < 4.78 is 20.1. The third-order valence-electron chi connectivity index (χ3n) is 5.53. The van der Waals surface area contributed by atoms with Crippen molar-refractivity contribution in [1.29, 1.82) is 0 Å². The molecular formula is C24H28FN5O2. The van der Waals surface area contributed by atoms with Crippen LogP contribution in [0.1, 0.15) is 58.1 Å². The van der Waals surface area contributed by atoms with Gasteiger partial charge in [-0.15, -0.1) is 6.58 Å². The Morgan fingerprint density at radius 2 is 2.00 bits per heavy atom. The number of nitrogens with zero attached hydrogens (tertiary/aromatic N) is 3. The molecule has 7 nitrogen and oxygen atoms in total. The number of fused-ring (bicyclic) bond motifs is 1. The molecule has 1 amide bonds. The summed E-state index contributed by atoms with van der Waals surface area (Å²) in [7, 11) is 0. The molecule has 1 saturated carbocycles. The van der Waals surface area contributed by atoms with E-state index in [1.807, 2.05) is 26.8 Å². The summed E-state index contributed by atoms with van der Waals surface area (Å²) >= 11 is 0. The number of H-pyrrole nitrogens is 1. The molecule has 0 atom stereocenters. The lowest BCUT2D eigenvalue weighted by Gasteiger charge is -2.41. The minimum absolute atomic E-state index is 0.320. The molecule has 3 aromatic rings. The first kappa shape index (κ1) is 21.9. The first-order valence-corrected chi connectivity index (χ1v) is 10.8. The summed E-state index contributed by atoms with van der Waals surface area (Å²) in [6, 6.07) is 3.29. The van der Waals surface area contributed by atoms with E-state index in [4.69, 9.17) is 4.74 Å². The molecule has 32 heavy (non-hydrogen) atoms. The number of nitrogens with one attached hydrogen (secondary N) is 2. The average Bonchev–Trinajstić information content (AvgIpc) is 3.11. The highest BCUT2D eigenvalue weighted by Gasteiger charge is 2.43. The highest BCUT2D eigenvalue weighted by molar-refractivity contribution is 5.82. The maximum atomic E-state index is 14.7. The van der Waals surface area contributed by atoms with E-state index in [0.717, 1.165) is 31.5 Å². The Morgan fingerprint density at radius 1 is 1.28 bits per heavy atom. The van der Waals surface area contributed by atoms with Crippen LogP contribution in [0.3, 0.4) is 0 Å². The lowest BCUT2D eigenvalue weighted by Crippen LogP contribution is -2.53. The summed E-state index contributed by atoms with van der Waals surface area (Å²) in [5.41, 5.74) is 1.08. The maximum Gasteiger partial charge on any atom is 0.408 e. The number of halogens is 1. The third kappa shape index (κ3) is 4.49. The van der Waals surface area contributed by atoms with E-state index >= 15 is 0 Å². The second-order valence-corrected chi connectivity index (χ2v) is 9.22. The van der Waals surface area contributed by atoms with E-state index in [0.29, 0.717) is 34.4 Å². The molecule has 0 unspecified atom stereocenters. The van der Waals surface area contributed by atoms with Crippen molar-refractivity contribution in [3.8, 4) is 11.1 Å². The highest BCUT2D eigenvalue weighted by Crippen LogP contribution is 2.40. The normalized spacial score (nSPS) is 15.2. The maximum absolute atomic E-state index is 14.7. The van der Waals surface area contributed by atoms with E-state index < -0.39 is 23.1 Å². The Kier molecular flexibility index (Phi) is 5.71. The van der Waals surface area contributed by atoms with Crippen LogP contribution in [0, 0.1) is 5.82 Å². The summed E-state index contributed by atoms with van der Waals surface area (Å²) in [6.45, 7) is 9.18. The standard InChI is InChI=1S/C24H28FN5O2/c1-5-6-8-19-28-18-12-15(11-17(25)20(18)29-19)16-13-26-21(27-14-16)24(9-7-10-24)30-22(31)32-23(2,3)4/h5,11-14H,1,6-10H2,2-4H3,(H,28,29)(H,30,31). The molecule has 2 aromatic heterocycles. The van der Waals surface area contributed by atoms with Crippen LogP contribution < -0.4 is 5.32 Å². The predicted molar refractivity (Wildman–Crippen MR) is 120 cm³/mol. The molecule has 2 N–H and O–H groups in total. The molecule has 1 aliphatic carbocycles. The zero-order chi connectivity index (χ0) is 22.9. The Morgan fingerprint density at radius 3 is 2.59 bits per heavy atom. The second kappa shape index (κ2) is 8.33. The van der Waals surface area contributed by atoms with Gasteiger partial charge in [-0.2, -0.15) is 0 Å². The Labute approximate surface area is 186 Å². The molecule has 8 heteroatoms. The number of hydrogen-bond acceptors (Lipinski definition) is 5. The number of carbonyl (C=O) groups is 1. The number of hydrogen-bond donors (Lipinski definition) is 2. The summed E-state index contributed by atoms with van der Waals surface area (Å²) in [5.74, 6) is 0.862. The van der Waals surface area contributed by atoms with Crippen LogP contribution in [0.4, 0.5) is 9.18 Å². The number of alkyl carbamates (subject to hydrolysis) is 1. The van der Waals surface area contributed by atoms with Crippen LogP contribution >= 0.6 is 0 Å². The van der Waals surface area contributed by atoms with E-state index in [1.165, 1.54) is 6.07 Å². The molecular weight excluding hydrogens is 409 g/mol. The molecule has 0 saturated heterocycles. The molecule has 0 spiro atoms. The number of allylic oxidation sites excluding steroid dienone is 1. The van der Waals surface area contributed by atoms with Gasteiger partial charge in [-0.05, 0) is 64.2 Å². The largest absolute Gasteiger partial charge is 0.444 e. The fourth-order valence-corrected chi connectivity index (χ4v) is 3.81. The Bertz CT molecular complexity index is 1140. The van der Waals surface area contributed by atoms with Gasteiger partial charge in [0, 0.05) is 24.4 Å². The summed E-state index contributed by atoms with van der Waals surface area (Å²) in [6.07, 6.45) is 8.55. The van der Waals surface area contributed by atoms with Gasteiger partial charge in [0.1, 0.15) is 22.5 Å². The number of rotatable bonds is 6. The van der Waals surface area contributed by atoms with Crippen LogP contribution in [0.2, 0.25) is 0 Å². The van der Waals surface area contributed by atoms with Gasteiger partial charge in [-0.25, -0.2) is 24.1 Å². The molecule has 0 radical (unpaired) electrons. The minimum atomic E-state index is -0.625. The topological polar surface area (TPSA) is 92.8 Å². The van der Waals surface area contributed by atoms with Crippen LogP contribution in [-0.4, -0.2) is 31.6 Å². The van der Waals surface area contributed by atoms with Crippen molar-refractivity contribution in [2.24, 2.45) is 0 Å². The van der Waals surface area contributed by atoms with Crippen molar-refractivity contribution < 1.29 is 13.9 Å². The first-order valence-electron chi connectivity index (χ1n) is 10.8. The number of imidazole rings is 1. The number of amides is 1. The number of aryl methyl sites for hydroxylation is 1. The van der Waals surface area contributed by atoms with E-state index in [2.05, 4.69) is 31.8 Å². The van der Waals surface area contributed by atoms with Crippen molar-refractivity contribution >= 4 is 17.1 Å². The van der Waals surface area contributed by atoms with Crippen molar-refractivity contribution in [3.63, 3.8) is 0 Å². The van der Waals surface area contributed by atoms with E-state index in [1.54, 1.807) is 18.5 Å². The van der Waals surface area contributed by atoms with Gasteiger partial charge < -0.3 is 15.0 Å². The summed E-state index contributed by atoms with van der Waals surface area (Å²) in [4.78, 5) is 28.9. The minimum Gasteiger partial charge on any atom is -0.444 e. The van der Waals surface area contributed by atoms with Crippen LogP contribution in [0.25, 0.3) is 22.2 Å². The van der Waals surface area contributed by atoms with Crippen molar-refractivity contribution in [1.82, 2.24) is 25.3 Å². The Hall–Kier alpha value is -3.29. The molecule has 1 fully saturated rings. The molecule has 4 rings (SSSR count). The van der Waals surface area contributed by atoms with Crippen molar-refractivity contribution in [2.75, 3.05) is 0 Å². The van der Waals surface area contributed by atoms with Gasteiger partial charge in [0.05, 0.1) is 5.52 Å². The van der Waals surface area contributed by atoms with Crippen molar-refractivity contribution in [2.45, 2.75) is 64.0 Å². The average molecular weight is 438 g/mol. The van der Waals surface area contributed by atoms with Gasteiger partial charge in [-0.1, -0.05) is 6.08 Å². The van der Waals surface area contributed by atoms with Gasteiger partial charge in [-0.3, -0.25) is 0 Å². The zero-order valence-electron chi connectivity index (χ0n) is 18.7. The SMILES string of the molecule is C=CCCc1nc2c(F)cc(-c3cnc(C4(NC(=O)OC(C)(C)C)CCC4)nc3)cc2[nH]1. The Balaban J connectivity index is 1.57. The molecule has 168 valence electrons.